The third kappa shape index (κ3) is 5.10. The van der Waals surface area contributed by atoms with Gasteiger partial charge in [0.15, 0.2) is 5.96 Å². The summed E-state index contributed by atoms with van der Waals surface area (Å²) in [4.78, 5) is 34.4. The number of carbonyl (C=O) groups is 2. The number of allylic oxidation sites excluding steroid dienone is 2. The van der Waals surface area contributed by atoms with Crippen molar-refractivity contribution < 1.29 is 9.59 Å². The summed E-state index contributed by atoms with van der Waals surface area (Å²) in [6.45, 7) is 11.4. The van der Waals surface area contributed by atoms with Crippen molar-refractivity contribution in [3.05, 3.63) is 12.2 Å². The summed E-state index contributed by atoms with van der Waals surface area (Å²) in [5, 5.41) is 6.60. The minimum Gasteiger partial charge on any atom is -0.357 e. The minimum absolute atomic E-state index is 0. The lowest BCUT2D eigenvalue weighted by atomic mass is 9.85. The third-order valence-electron chi connectivity index (χ3n) is 7.36. The van der Waals surface area contributed by atoms with Crippen molar-refractivity contribution in [2.45, 2.75) is 46.1 Å². The lowest BCUT2D eigenvalue weighted by Crippen LogP contribution is -2.45. The number of halogens is 1. The Morgan fingerprint density at radius 2 is 1.87 bits per heavy atom. The van der Waals surface area contributed by atoms with Crippen LogP contribution in [0.15, 0.2) is 17.1 Å². The van der Waals surface area contributed by atoms with Gasteiger partial charge in [-0.3, -0.25) is 24.4 Å². The van der Waals surface area contributed by atoms with Gasteiger partial charge in [-0.1, -0.05) is 19.1 Å². The fraction of sp³-hybridized carbons (Fsp3) is 0.783. The second-order valence-corrected chi connectivity index (χ2v) is 9.57. The zero-order valence-electron chi connectivity index (χ0n) is 19.0. The summed E-state index contributed by atoms with van der Waals surface area (Å²) in [5.74, 6) is 1.90. The molecular weight excluding hydrogens is 505 g/mol. The fourth-order valence-electron chi connectivity index (χ4n) is 5.78. The second kappa shape index (κ2) is 10.6. The Hall–Kier alpha value is -1.16. The number of likely N-dealkylation sites (tertiary alicyclic amines) is 2. The first-order chi connectivity index (χ1) is 14.5. The molecule has 4 rings (SSSR count). The number of aliphatic imine (C=N–C) groups is 1. The number of nitrogens with zero attached hydrogens (tertiary/aromatic N) is 3. The van der Waals surface area contributed by atoms with E-state index < -0.39 is 0 Å². The van der Waals surface area contributed by atoms with E-state index in [1.54, 1.807) is 0 Å². The Balaban J connectivity index is 0.00000272. The van der Waals surface area contributed by atoms with Gasteiger partial charge in [-0.2, -0.15) is 0 Å². The van der Waals surface area contributed by atoms with Crippen LogP contribution in [0.4, 0.5) is 0 Å². The molecule has 0 spiro atoms. The number of rotatable bonds is 7. The summed E-state index contributed by atoms with van der Waals surface area (Å²) in [6.07, 6.45) is 7.84. The van der Waals surface area contributed by atoms with Crippen LogP contribution in [-0.2, 0) is 9.59 Å². The largest absolute Gasteiger partial charge is 0.357 e. The van der Waals surface area contributed by atoms with Crippen LogP contribution in [0.25, 0.3) is 0 Å². The molecule has 1 saturated carbocycles. The van der Waals surface area contributed by atoms with Gasteiger partial charge in [-0.05, 0) is 57.4 Å². The number of imide groups is 1. The van der Waals surface area contributed by atoms with Crippen molar-refractivity contribution in [2.24, 2.45) is 34.6 Å². The van der Waals surface area contributed by atoms with Gasteiger partial charge in [-0.15, -0.1) is 24.0 Å². The van der Waals surface area contributed by atoms with Crippen LogP contribution in [0.3, 0.4) is 0 Å². The molecule has 174 valence electrons. The number of nitrogens with one attached hydrogen (secondary N) is 2. The number of piperidine rings is 1. The van der Waals surface area contributed by atoms with Gasteiger partial charge in [0.25, 0.3) is 0 Å². The Bertz CT molecular complexity index is 697. The van der Waals surface area contributed by atoms with Crippen LogP contribution in [0.1, 0.15) is 40.0 Å². The van der Waals surface area contributed by atoms with Crippen LogP contribution < -0.4 is 10.6 Å². The summed E-state index contributed by atoms with van der Waals surface area (Å²) < 4.78 is 0. The second-order valence-electron chi connectivity index (χ2n) is 9.57. The molecule has 4 aliphatic rings. The molecule has 2 bridgehead atoms. The number of hydrogen-bond donors (Lipinski definition) is 2. The van der Waals surface area contributed by atoms with E-state index in [-0.39, 0.29) is 59.5 Å². The van der Waals surface area contributed by atoms with Crippen molar-refractivity contribution in [1.29, 1.82) is 0 Å². The molecule has 2 aliphatic heterocycles. The van der Waals surface area contributed by atoms with Gasteiger partial charge in [0, 0.05) is 32.2 Å². The maximum Gasteiger partial charge on any atom is 0.233 e. The first-order valence-electron chi connectivity index (χ1n) is 11.8. The summed E-state index contributed by atoms with van der Waals surface area (Å²) in [7, 11) is 0. The van der Waals surface area contributed by atoms with E-state index in [2.05, 4.69) is 41.5 Å². The first-order valence-corrected chi connectivity index (χ1v) is 11.8. The minimum atomic E-state index is -0.109. The highest BCUT2D eigenvalue weighted by Crippen LogP contribution is 2.52. The standard InChI is InChI=1S/C23H37N5O2.HI/c1-4-24-23(26-13-16(3)27-10-5-6-15(2)14-27)25-9-11-28-21(29)19-17-7-8-18(12-17)20(19)22(28)30;/h7-8,15-20H,4-6,9-14H2,1-3H3,(H2,24,25,26);1H. The van der Waals surface area contributed by atoms with Gasteiger partial charge < -0.3 is 10.6 Å². The van der Waals surface area contributed by atoms with Crippen LogP contribution in [0.2, 0.25) is 0 Å². The van der Waals surface area contributed by atoms with E-state index >= 15 is 0 Å². The average molecular weight is 543 g/mol. The highest BCUT2D eigenvalue weighted by molar-refractivity contribution is 14.0. The Morgan fingerprint density at radius 1 is 1.19 bits per heavy atom. The SMILES string of the molecule is CCNC(=NCC(C)N1CCCC(C)C1)NCCN1C(=O)C2C3C=CC(C3)C2C1=O.I. The monoisotopic (exact) mass is 543 g/mol. The van der Waals surface area contributed by atoms with E-state index in [1.807, 2.05) is 6.92 Å². The van der Waals surface area contributed by atoms with E-state index in [0.29, 0.717) is 19.1 Å². The van der Waals surface area contributed by atoms with Crippen molar-refractivity contribution >= 4 is 41.8 Å². The van der Waals surface area contributed by atoms with E-state index in [9.17, 15) is 9.59 Å². The third-order valence-corrected chi connectivity index (χ3v) is 7.36. The molecule has 3 fully saturated rings. The van der Waals surface area contributed by atoms with Crippen LogP contribution in [0, 0.1) is 29.6 Å². The molecule has 2 aliphatic carbocycles. The normalized spacial score (nSPS) is 33.5. The van der Waals surface area contributed by atoms with Gasteiger partial charge in [0.2, 0.25) is 11.8 Å². The van der Waals surface area contributed by atoms with Crippen molar-refractivity contribution in [1.82, 2.24) is 20.4 Å². The maximum atomic E-state index is 12.8. The highest BCUT2D eigenvalue weighted by atomic mass is 127. The van der Waals surface area contributed by atoms with Gasteiger partial charge in [0.1, 0.15) is 0 Å². The molecule has 31 heavy (non-hydrogen) atoms. The molecule has 0 aromatic heterocycles. The van der Waals surface area contributed by atoms with Gasteiger partial charge >= 0.3 is 0 Å². The Labute approximate surface area is 203 Å². The number of guanidine groups is 1. The van der Waals surface area contributed by atoms with E-state index in [4.69, 9.17) is 4.99 Å². The predicted octanol–water partition coefficient (Wildman–Crippen LogP) is 2.09. The molecule has 2 heterocycles. The number of amides is 2. The molecule has 8 heteroatoms. The fourth-order valence-corrected chi connectivity index (χ4v) is 5.78. The van der Waals surface area contributed by atoms with Crippen LogP contribution in [0.5, 0.6) is 0 Å². The quantitative estimate of drug-likeness (QED) is 0.169. The topological polar surface area (TPSA) is 77.0 Å². The molecule has 6 unspecified atom stereocenters. The molecule has 6 atom stereocenters. The zero-order valence-corrected chi connectivity index (χ0v) is 21.4. The maximum absolute atomic E-state index is 12.8. The van der Waals surface area contributed by atoms with Crippen molar-refractivity contribution in [2.75, 3.05) is 39.3 Å². The van der Waals surface area contributed by atoms with Crippen LogP contribution >= 0.6 is 24.0 Å². The Kier molecular flexibility index (Phi) is 8.40. The molecule has 7 nitrogen and oxygen atoms in total. The molecule has 2 saturated heterocycles. The zero-order chi connectivity index (χ0) is 21.3. The van der Waals surface area contributed by atoms with Gasteiger partial charge in [-0.25, -0.2) is 0 Å². The number of hydrogen-bond acceptors (Lipinski definition) is 4. The smallest absolute Gasteiger partial charge is 0.233 e. The molecule has 0 aromatic carbocycles. The lowest BCUT2D eigenvalue weighted by molar-refractivity contribution is -0.140. The number of fused-ring (bicyclic) bond motifs is 5. The average Bonchev–Trinajstić information content (AvgIpc) is 3.41. The molecule has 0 radical (unpaired) electrons. The van der Waals surface area contributed by atoms with Crippen LogP contribution in [-0.4, -0.2) is 72.9 Å². The van der Waals surface area contributed by atoms with Crippen molar-refractivity contribution in [3.8, 4) is 0 Å². The molecule has 0 aromatic rings. The molecule has 2 amide bonds. The molecule has 2 N–H and O–H groups in total. The van der Waals surface area contributed by atoms with E-state index in [0.717, 1.165) is 44.5 Å². The molecular formula is C23H38IN5O2. The van der Waals surface area contributed by atoms with Crippen molar-refractivity contribution in [3.63, 3.8) is 0 Å². The highest BCUT2D eigenvalue weighted by Gasteiger charge is 2.58. The van der Waals surface area contributed by atoms with Gasteiger partial charge in [0.05, 0.1) is 18.4 Å². The Morgan fingerprint density at radius 3 is 2.48 bits per heavy atom. The van der Waals surface area contributed by atoms with E-state index in [1.165, 1.54) is 17.7 Å². The predicted molar refractivity (Wildman–Crippen MR) is 133 cm³/mol. The summed E-state index contributed by atoms with van der Waals surface area (Å²) in [5.41, 5.74) is 0. The number of carbonyl (C=O) groups excluding carboxylic acids is 2. The summed E-state index contributed by atoms with van der Waals surface area (Å²) in [6, 6.07) is 0.410. The summed E-state index contributed by atoms with van der Waals surface area (Å²) >= 11 is 0. The lowest BCUT2D eigenvalue weighted by Gasteiger charge is -2.35. The first kappa shape index (κ1) is 24.5.